The molecule has 0 fully saturated rings. The van der Waals surface area contributed by atoms with Crippen LogP contribution < -0.4 is 16.0 Å². The average Bonchev–Trinajstić information content (AvgIpc) is 2.46. The number of hydrogen-bond donors (Lipinski definition) is 5. The van der Waals surface area contributed by atoms with Gasteiger partial charge in [0, 0.05) is 13.1 Å². The first kappa shape index (κ1) is 19.8. The van der Waals surface area contributed by atoms with E-state index in [0.29, 0.717) is 13.1 Å². The molecule has 8 nitrogen and oxygen atoms in total. The van der Waals surface area contributed by atoms with Crippen LogP contribution in [0.5, 0.6) is 0 Å². The summed E-state index contributed by atoms with van der Waals surface area (Å²) >= 11 is 0. The topological polar surface area (TPSA) is 128 Å². The first-order valence-electron chi connectivity index (χ1n) is 7.39. The quantitative estimate of drug-likeness (QED) is 0.122. The molecule has 0 spiro atoms. The van der Waals surface area contributed by atoms with E-state index in [1.54, 1.807) is 0 Å². The molecule has 0 saturated carbocycles. The van der Waals surface area contributed by atoms with Gasteiger partial charge >= 0.3 is 5.97 Å². The Kier molecular flexibility index (Phi) is 10.2. The minimum atomic E-state index is -1.24. The zero-order valence-corrected chi connectivity index (χ0v) is 13.1. The van der Waals surface area contributed by atoms with Crippen LogP contribution in [0.3, 0.4) is 0 Å². The number of carboxylic acid groups (broad SMARTS) is 1. The third kappa shape index (κ3) is 8.13. The van der Waals surface area contributed by atoms with Gasteiger partial charge in [-0.2, -0.15) is 0 Å². The highest BCUT2D eigenvalue weighted by molar-refractivity contribution is 6.19. The lowest BCUT2D eigenvalue weighted by molar-refractivity contribution is -0.138. The number of carbonyl (C=O) groups excluding carboxylic acids is 2. The van der Waals surface area contributed by atoms with E-state index >= 15 is 0 Å². The van der Waals surface area contributed by atoms with Crippen LogP contribution in [-0.4, -0.2) is 47.6 Å². The second-order valence-electron chi connectivity index (χ2n) is 4.69. The summed E-state index contributed by atoms with van der Waals surface area (Å²) < 4.78 is 0. The van der Waals surface area contributed by atoms with Crippen LogP contribution in [0.4, 0.5) is 0 Å². The van der Waals surface area contributed by atoms with Crippen LogP contribution in [0.15, 0.2) is 11.5 Å². The number of amides is 2. The summed E-state index contributed by atoms with van der Waals surface area (Å²) in [5, 5.41) is 25.6. The molecule has 0 aromatic rings. The largest absolute Gasteiger partial charge is 0.494 e. The zero-order chi connectivity index (χ0) is 17.0. The Bertz CT molecular complexity index is 421. The van der Waals surface area contributed by atoms with Crippen LogP contribution in [0, 0.1) is 0 Å². The summed E-state index contributed by atoms with van der Waals surface area (Å²) in [6, 6.07) is 0. The summed E-state index contributed by atoms with van der Waals surface area (Å²) in [6.07, 6.45) is 3.24. The maximum atomic E-state index is 12.0. The van der Waals surface area contributed by atoms with Crippen molar-refractivity contribution in [3.05, 3.63) is 11.5 Å². The van der Waals surface area contributed by atoms with E-state index in [0.717, 1.165) is 25.7 Å². The van der Waals surface area contributed by atoms with E-state index in [-0.39, 0.29) is 0 Å². The predicted molar refractivity (Wildman–Crippen MR) is 81.1 cm³/mol. The van der Waals surface area contributed by atoms with Gasteiger partial charge in [-0.05, 0) is 12.8 Å². The first-order valence-corrected chi connectivity index (χ1v) is 7.39. The van der Waals surface area contributed by atoms with Crippen molar-refractivity contribution in [3.8, 4) is 0 Å². The van der Waals surface area contributed by atoms with Crippen molar-refractivity contribution in [1.82, 2.24) is 16.0 Å². The van der Waals surface area contributed by atoms with Crippen LogP contribution in [0.1, 0.15) is 39.5 Å². The number of aliphatic hydroxyl groups excluding tert-OH is 1. The maximum Gasteiger partial charge on any atom is 0.322 e. The third-order valence-electron chi connectivity index (χ3n) is 2.73. The number of nitrogens with one attached hydrogen (secondary N) is 3. The van der Waals surface area contributed by atoms with Gasteiger partial charge in [0.15, 0.2) is 5.57 Å². The van der Waals surface area contributed by atoms with E-state index in [1.807, 2.05) is 13.8 Å². The number of rotatable bonds is 11. The van der Waals surface area contributed by atoms with Gasteiger partial charge in [-0.3, -0.25) is 14.4 Å². The van der Waals surface area contributed by atoms with E-state index in [9.17, 15) is 19.5 Å². The lowest BCUT2D eigenvalue weighted by Crippen LogP contribution is -2.39. The number of unbranched alkanes of at least 4 members (excludes halogenated alkanes) is 2. The van der Waals surface area contributed by atoms with Crippen LogP contribution in [0.2, 0.25) is 0 Å². The summed E-state index contributed by atoms with van der Waals surface area (Å²) in [7, 11) is 0. The molecule has 0 saturated heterocycles. The Morgan fingerprint density at radius 2 is 1.32 bits per heavy atom. The van der Waals surface area contributed by atoms with E-state index < -0.39 is 35.8 Å². The smallest absolute Gasteiger partial charge is 0.322 e. The normalized spacial score (nSPS) is 11.4. The van der Waals surface area contributed by atoms with Crippen molar-refractivity contribution in [2.24, 2.45) is 0 Å². The highest BCUT2D eigenvalue weighted by Gasteiger charge is 2.23. The van der Waals surface area contributed by atoms with Crippen molar-refractivity contribution in [1.29, 1.82) is 0 Å². The van der Waals surface area contributed by atoms with Crippen LogP contribution in [0.25, 0.3) is 0 Å². The fraction of sp³-hybridized carbons (Fsp3) is 0.643. The highest BCUT2D eigenvalue weighted by atomic mass is 16.4. The molecule has 0 aliphatic rings. The van der Waals surface area contributed by atoms with Gasteiger partial charge in [0.1, 0.15) is 6.54 Å². The molecule has 0 aliphatic carbocycles. The summed E-state index contributed by atoms with van der Waals surface area (Å²) in [6.45, 7) is 4.05. The molecule has 0 rings (SSSR count). The fourth-order valence-electron chi connectivity index (χ4n) is 1.50. The minimum absolute atomic E-state index is 0.368. The molecule has 0 atom stereocenters. The van der Waals surface area contributed by atoms with Crippen molar-refractivity contribution in [2.75, 3.05) is 19.6 Å². The van der Waals surface area contributed by atoms with E-state index in [1.165, 1.54) is 0 Å². The molecule has 22 heavy (non-hydrogen) atoms. The van der Waals surface area contributed by atoms with E-state index in [2.05, 4.69) is 16.0 Å². The molecule has 8 heteroatoms. The van der Waals surface area contributed by atoms with Gasteiger partial charge in [-0.15, -0.1) is 0 Å². The molecule has 126 valence electrons. The van der Waals surface area contributed by atoms with Gasteiger partial charge in [-0.1, -0.05) is 26.7 Å². The number of hydrogen-bond acceptors (Lipinski definition) is 5. The Labute approximate surface area is 130 Å². The van der Waals surface area contributed by atoms with Crippen molar-refractivity contribution in [3.63, 3.8) is 0 Å². The Morgan fingerprint density at radius 1 is 0.818 bits per heavy atom. The highest BCUT2D eigenvalue weighted by Crippen LogP contribution is 2.01. The van der Waals surface area contributed by atoms with Gasteiger partial charge in [0.05, 0.1) is 0 Å². The van der Waals surface area contributed by atoms with Crippen LogP contribution in [-0.2, 0) is 14.4 Å². The molecule has 0 aliphatic heterocycles. The molecule has 2 amide bonds. The van der Waals surface area contributed by atoms with Gasteiger partial charge in [-0.25, -0.2) is 0 Å². The predicted octanol–water partition coefficient (Wildman–Crippen LogP) is 0.263. The summed E-state index contributed by atoms with van der Waals surface area (Å²) in [4.78, 5) is 34.4. The number of aliphatic hydroxyl groups is 1. The van der Waals surface area contributed by atoms with Gasteiger partial charge < -0.3 is 26.2 Å². The second-order valence-corrected chi connectivity index (χ2v) is 4.69. The standard InChI is InChI=1S/C14H25N3O5/c1-3-5-7-15-12(20)11(13(21)16-8-6-4-2)14(22)17-9-10(18)19/h15,20H,3-9H2,1-2H3,(H,16,21)(H,17,22)(H,18,19)/b12-11-. The summed E-state index contributed by atoms with van der Waals surface area (Å²) in [5.74, 6) is -3.46. The SMILES string of the molecule is CCCCNC(=O)/C(C(=O)NCC(=O)O)=C(/O)NCCCC. The average molecular weight is 315 g/mol. The zero-order valence-electron chi connectivity index (χ0n) is 13.1. The molecular formula is C14H25N3O5. The van der Waals surface area contributed by atoms with Crippen molar-refractivity contribution < 1.29 is 24.6 Å². The van der Waals surface area contributed by atoms with Crippen LogP contribution >= 0.6 is 0 Å². The first-order chi connectivity index (χ1) is 10.4. The van der Waals surface area contributed by atoms with Crippen molar-refractivity contribution >= 4 is 17.8 Å². The third-order valence-corrected chi connectivity index (χ3v) is 2.73. The molecule has 0 heterocycles. The molecule has 0 radical (unpaired) electrons. The maximum absolute atomic E-state index is 12.0. The second kappa shape index (κ2) is 11.4. The number of carbonyl (C=O) groups is 3. The lowest BCUT2D eigenvalue weighted by Gasteiger charge is -2.12. The Morgan fingerprint density at radius 3 is 1.82 bits per heavy atom. The van der Waals surface area contributed by atoms with Gasteiger partial charge in [0.25, 0.3) is 11.8 Å². The molecule has 0 aromatic carbocycles. The van der Waals surface area contributed by atoms with Crippen molar-refractivity contribution in [2.45, 2.75) is 39.5 Å². The number of aliphatic carboxylic acids is 1. The molecule has 5 N–H and O–H groups in total. The Hall–Kier alpha value is -2.25. The molecular weight excluding hydrogens is 290 g/mol. The summed E-state index contributed by atoms with van der Waals surface area (Å²) in [5.41, 5.74) is -0.506. The minimum Gasteiger partial charge on any atom is -0.494 e. The monoisotopic (exact) mass is 315 g/mol. The number of carboxylic acids is 1. The van der Waals surface area contributed by atoms with E-state index in [4.69, 9.17) is 5.11 Å². The molecule has 0 bridgehead atoms. The fourth-order valence-corrected chi connectivity index (χ4v) is 1.50. The molecule has 0 unspecified atom stereocenters. The Balaban J connectivity index is 4.94. The lowest BCUT2D eigenvalue weighted by atomic mass is 10.2. The van der Waals surface area contributed by atoms with Gasteiger partial charge in [0.2, 0.25) is 5.88 Å². The molecule has 0 aromatic heterocycles.